The van der Waals surface area contributed by atoms with E-state index < -0.39 is 0 Å². The first-order valence-electron chi connectivity index (χ1n) is 3.77. The number of hydrogen-bond acceptors (Lipinski definition) is 2. The molecule has 0 bridgehead atoms. The van der Waals surface area contributed by atoms with E-state index in [1.54, 1.807) is 6.07 Å². The molecule has 0 aliphatic rings. The first-order chi connectivity index (χ1) is 5.58. The van der Waals surface area contributed by atoms with Crippen molar-refractivity contribution in [2.75, 3.05) is 19.8 Å². The molecule has 0 amide bonds. The van der Waals surface area contributed by atoms with E-state index in [1.807, 2.05) is 19.0 Å². The molecule has 2 nitrogen and oxygen atoms in total. The Kier molecular flexibility index (Phi) is 2.65. The van der Waals surface area contributed by atoms with Gasteiger partial charge in [0.1, 0.15) is 5.82 Å². The van der Waals surface area contributed by atoms with E-state index in [-0.39, 0.29) is 5.82 Å². The zero-order chi connectivity index (χ0) is 9.14. The van der Waals surface area contributed by atoms with Gasteiger partial charge in [0.15, 0.2) is 0 Å². The van der Waals surface area contributed by atoms with E-state index in [0.29, 0.717) is 12.2 Å². The summed E-state index contributed by atoms with van der Waals surface area (Å²) in [5.41, 5.74) is 6.86. The smallest absolute Gasteiger partial charge is 0.125 e. The summed E-state index contributed by atoms with van der Waals surface area (Å²) in [6.45, 7) is 0.710. The minimum absolute atomic E-state index is 0.271. The van der Waals surface area contributed by atoms with Crippen LogP contribution in [0.25, 0.3) is 0 Å². The number of halogens is 1. The van der Waals surface area contributed by atoms with Crippen LogP contribution >= 0.6 is 0 Å². The highest BCUT2D eigenvalue weighted by Crippen LogP contribution is 2.11. The Labute approximate surface area is 71.8 Å². The predicted octanol–water partition coefficient (Wildman–Crippen LogP) is 1.47. The Bertz CT molecular complexity index is 251. The zero-order valence-electron chi connectivity index (χ0n) is 7.34. The predicted molar refractivity (Wildman–Crippen MR) is 48.2 cm³/mol. The number of nitrogens with zero attached hydrogens (tertiary/aromatic N) is 1. The van der Waals surface area contributed by atoms with E-state index in [9.17, 15) is 4.39 Å². The van der Waals surface area contributed by atoms with Crippen molar-refractivity contribution < 1.29 is 4.39 Å². The van der Waals surface area contributed by atoms with Gasteiger partial charge in [-0.05, 0) is 37.9 Å². The fraction of sp³-hybridized carbons (Fsp3) is 0.333. The SMILES string of the molecule is CN(C)Cc1cc(N)cc(F)c1. The van der Waals surface area contributed by atoms with Gasteiger partial charge in [0.25, 0.3) is 0 Å². The number of hydrogen-bond donors (Lipinski definition) is 1. The highest BCUT2D eigenvalue weighted by molar-refractivity contribution is 5.41. The molecule has 0 radical (unpaired) electrons. The number of nitrogen functional groups attached to an aromatic ring is 1. The monoisotopic (exact) mass is 168 g/mol. The Balaban J connectivity index is 2.85. The average molecular weight is 168 g/mol. The second-order valence-electron chi connectivity index (χ2n) is 3.13. The molecule has 0 spiro atoms. The third kappa shape index (κ3) is 2.51. The van der Waals surface area contributed by atoms with E-state index in [4.69, 9.17) is 5.73 Å². The minimum atomic E-state index is -0.271. The first kappa shape index (κ1) is 9.00. The summed E-state index contributed by atoms with van der Waals surface area (Å²) in [7, 11) is 3.86. The average Bonchev–Trinajstić information content (AvgIpc) is 1.81. The normalized spacial score (nSPS) is 10.7. The van der Waals surface area contributed by atoms with Gasteiger partial charge in [0.2, 0.25) is 0 Å². The molecule has 0 aliphatic carbocycles. The molecule has 2 N–H and O–H groups in total. The molecule has 0 heterocycles. The summed E-state index contributed by atoms with van der Waals surface area (Å²) in [5.74, 6) is -0.271. The Morgan fingerprint density at radius 1 is 1.33 bits per heavy atom. The van der Waals surface area contributed by atoms with Crippen molar-refractivity contribution >= 4 is 5.69 Å². The second kappa shape index (κ2) is 3.54. The molecule has 0 saturated heterocycles. The van der Waals surface area contributed by atoms with Gasteiger partial charge in [-0.15, -0.1) is 0 Å². The van der Waals surface area contributed by atoms with Gasteiger partial charge in [-0.2, -0.15) is 0 Å². The quantitative estimate of drug-likeness (QED) is 0.677. The summed E-state index contributed by atoms with van der Waals surface area (Å²) in [6.07, 6.45) is 0. The Morgan fingerprint density at radius 3 is 2.50 bits per heavy atom. The number of benzene rings is 1. The molecule has 1 aromatic rings. The molecule has 3 heteroatoms. The molecule has 1 aromatic carbocycles. The van der Waals surface area contributed by atoms with Crippen molar-refractivity contribution in [1.82, 2.24) is 4.90 Å². The molecule has 0 saturated carbocycles. The van der Waals surface area contributed by atoms with Gasteiger partial charge in [-0.25, -0.2) is 4.39 Å². The van der Waals surface area contributed by atoms with Crippen LogP contribution < -0.4 is 5.73 Å². The van der Waals surface area contributed by atoms with E-state index >= 15 is 0 Å². The largest absolute Gasteiger partial charge is 0.399 e. The minimum Gasteiger partial charge on any atom is -0.399 e. The fourth-order valence-electron chi connectivity index (χ4n) is 1.13. The van der Waals surface area contributed by atoms with Crippen LogP contribution in [-0.4, -0.2) is 19.0 Å². The summed E-state index contributed by atoms with van der Waals surface area (Å²) in [4.78, 5) is 1.97. The number of nitrogens with two attached hydrogens (primary N) is 1. The maximum Gasteiger partial charge on any atom is 0.125 e. The molecule has 0 atom stereocenters. The molecule has 0 unspecified atom stereocenters. The summed E-state index contributed by atoms with van der Waals surface area (Å²) in [5, 5.41) is 0. The van der Waals surface area contributed by atoms with Crippen LogP contribution in [0.15, 0.2) is 18.2 Å². The van der Waals surface area contributed by atoms with E-state index in [1.165, 1.54) is 12.1 Å². The van der Waals surface area contributed by atoms with E-state index in [2.05, 4.69) is 0 Å². The highest BCUT2D eigenvalue weighted by Gasteiger charge is 1.99. The van der Waals surface area contributed by atoms with Crippen molar-refractivity contribution in [2.45, 2.75) is 6.54 Å². The lowest BCUT2D eigenvalue weighted by atomic mass is 10.2. The molecule has 12 heavy (non-hydrogen) atoms. The lowest BCUT2D eigenvalue weighted by Gasteiger charge is -2.09. The molecule has 1 rings (SSSR count). The molecular weight excluding hydrogens is 155 g/mol. The molecule has 0 aromatic heterocycles. The standard InChI is InChI=1S/C9H13FN2/c1-12(2)6-7-3-8(10)5-9(11)4-7/h3-5H,6,11H2,1-2H3. The Morgan fingerprint density at radius 2 is 2.00 bits per heavy atom. The molecule has 66 valence electrons. The van der Waals surface area contributed by atoms with Crippen LogP contribution in [0.2, 0.25) is 0 Å². The van der Waals surface area contributed by atoms with E-state index in [0.717, 1.165) is 5.56 Å². The molecular formula is C9H13FN2. The van der Waals surface area contributed by atoms with Crippen LogP contribution in [0, 0.1) is 5.82 Å². The summed E-state index contributed by atoms with van der Waals surface area (Å²) >= 11 is 0. The van der Waals surface area contributed by atoms with Crippen molar-refractivity contribution in [3.8, 4) is 0 Å². The number of rotatable bonds is 2. The zero-order valence-corrected chi connectivity index (χ0v) is 7.34. The van der Waals surface area contributed by atoms with Crippen molar-refractivity contribution in [3.05, 3.63) is 29.6 Å². The lowest BCUT2D eigenvalue weighted by molar-refractivity contribution is 0.401. The maximum absolute atomic E-state index is 12.8. The Hall–Kier alpha value is -1.09. The van der Waals surface area contributed by atoms with Crippen LogP contribution in [0.1, 0.15) is 5.56 Å². The van der Waals surface area contributed by atoms with Crippen LogP contribution in [0.4, 0.5) is 10.1 Å². The van der Waals surface area contributed by atoms with Gasteiger partial charge in [0, 0.05) is 12.2 Å². The summed E-state index contributed by atoms with van der Waals surface area (Å²) < 4.78 is 12.8. The van der Waals surface area contributed by atoms with Crippen LogP contribution in [0.5, 0.6) is 0 Å². The van der Waals surface area contributed by atoms with Crippen molar-refractivity contribution in [2.24, 2.45) is 0 Å². The third-order valence-corrected chi connectivity index (χ3v) is 1.48. The third-order valence-electron chi connectivity index (χ3n) is 1.48. The lowest BCUT2D eigenvalue weighted by Crippen LogP contribution is -2.11. The number of anilines is 1. The van der Waals surface area contributed by atoms with Gasteiger partial charge in [-0.1, -0.05) is 0 Å². The molecule has 0 aliphatic heterocycles. The van der Waals surface area contributed by atoms with Gasteiger partial charge >= 0.3 is 0 Å². The summed E-state index contributed by atoms with van der Waals surface area (Å²) in [6, 6.07) is 4.60. The van der Waals surface area contributed by atoms with Gasteiger partial charge in [-0.3, -0.25) is 0 Å². The second-order valence-corrected chi connectivity index (χ2v) is 3.13. The van der Waals surface area contributed by atoms with Crippen molar-refractivity contribution in [3.63, 3.8) is 0 Å². The topological polar surface area (TPSA) is 29.3 Å². The van der Waals surface area contributed by atoms with Gasteiger partial charge in [0.05, 0.1) is 0 Å². The van der Waals surface area contributed by atoms with Crippen molar-refractivity contribution in [1.29, 1.82) is 0 Å². The highest BCUT2D eigenvalue weighted by atomic mass is 19.1. The van der Waals surface area contributed by atoms with Crippen LogP contribution in [-0.2, 0) is 6.54 Å². The fourth-order valence-corrected chi connectivity index (χ4v) is 1.13. The van der Waals surface area contributed by atoms with Crippen LogP contribution in [0.3, 0.4) is 0 Å². The van der Waals surface area contributed by atoms with Gasteiger partial charge < -0.3 is 10.6 Å². The maximum atomic E-state index is 12.8. The molecule has 0 fully saturated rings. The first-order valence-corrected chi connectivity index (χ1v) is 3.77.